The quantitative estimate of drug-likeness (QED) is 0.437. The van der Waals surface area contributed by atoms with Crippen LogP contribution in [0.25, 0.3) is 5.57 Å². The maximum Gasteiger partial charge on any atom is 0.278 e. The minimum absolute atomic E-state index is 0.175. The molecule has 0 atom stereocenters. The summed E-state index contributed by atoms with van der Waals surface area (Å²) in [7, 11) is 1.52. The van der Waals surface area contributed by atoms with E-state index < -0.39 is 5.91 Å². The van der Waals surface area contributed by atoms with E-state index in [1.54, 1.807) is 48.5 Å². The van der Waals surface area contributed by atoms with Crippen molar-refractivity contribution in [2.75, 3.05) is 37.5 Å². The molecule has 1 heterocycles. The lowest BCUT2D eigenvalue weighted by atomic mass is 10.0. The number of carbonyl (C=O) groups is 3. The van der Waals surface area contributed by atoms with E-state index in [1.165, 1.54) is 18.9 Å². The molecule has 0 radical (unpaired) electrons. The number of methoxy groups -OCH3 is 1. The van der Waals surface area contributed by atoms with Gasteiger partial charge in [-0.05, 0) is 43.7 Å². The summed E-state index contributed by atoms with van der Waals surface area (Å²) in [6.07, 6.45) is 0.545. The predicted octanol–water partition coefficient (Wildman–Crippen LogP) is 3.27. The first kappa shape index (κ1) is 23.0. The van der Waals surface area contributed by atoms with Crippen LogP contribution in [-0.4, -0.2) is 49.5 Å². The van der Waals surface area contributed by atoms with Crippen LogP contribution in [0.4, 0.5) is 11.4 Å². The molecule has 168 valence electrons. The van der Waals surface area contributed by atoms with E-state index in [-0.39, 0.29) is 29.6 Å². The number of anilines is 2. The summed E-state index contributed by atoms with van der Waals surface area (Å²) < 4.78 is 10.8. The zero-order valence-corrected chi connectivity index (χ0v) is 18.4. The Labute approximate surface area is 187 Å². The number of hydrogen-bond donors (Lipinski definition) is 2. The lowest BCUT2D eigenvalue weighted by Gasteiger charge is -2.15. The van der Waals surface area contributed by atoms with Gasteiger partial charge in [0, 0.05) is 43.6 Å². The van der Waals surface area contributed by atoms with Crippen LogP contribution in [-0.2, 0) is 19.1 Å². The van der Waals surface area contributed by atoms with Crippen molar-refractivity contribution in [1.82, 2.24) is 4.90 Å². The van der Waals surface area contributed by atoms with Crippen LogP contribution in [0, 0.1) is 0 Å². The maximum atomic E-state index is 13.3. The van der Waals surface area contributed by atoms with Crippen LogP contribution in [0.15, 0.2) is 54.2 Å². The third-order valence-corrected chi connectivity index (χ3v) is 4.89. The standard InChI is InChI=1S/C24H27N3O5/c1-4-32-15-7-14-27-23(29)21(19-8-5-6-9-20(19)31-3)22(24(27)30)26-18-12-10-17(11-13-18)25-16(2)28/h5-6,8-13,26H,4,7,14-15H2,1-3H3,(H,25,28). The molecule has 0 saturated carbocycles. The van der Waals surface area contributed by atoms with Crippen molar-refractivity contribution in [3.05, 3.63) is 59.8 Å². The maximum absolute atomic E-state index is 13.3. The molecule has 2 N–H and O–H groups in total. The number of nitrogens with zero attached hydrogens (tertiary/aromatic N) is 1. The molecule has 0 aromatic heterocycles. The molecule has 0 aliphatic carbocycles. The van der Waals surface area contributed by atoms with Gasteiger partial charge in [-0.2, -0.15) is 0 Å². The Morgan fingerprint density at radius 2 is 1.69 bits per heavy atom. The molecule has 8 nitrogen and oxygen atoms in total. The van der Waals surface area contributed by atoms with Crippen molar-refractivity contribution in [2.24, 2.45) is 0 Å². The molecule has 1 aliphatic heterocycles. The summed E-state index contributed by atoms with van der Waals surface area (Å²) in [5.41, 5.74) is 2.23. The van der Waals surface area contributed by atoms with Crippen molar-refractivity contribution in [3.8, 4) is 5.75 Å². The van der Waals surface area contributed by atoms with Gasteiger partial charge in [0.1, 0.15) is 11.4 Å². The van der Waals surface area contributed by atoms with Crippen LogP contribution >= 0.6 is 0 Å². The number of benzene rings is 2. The molecule has 0 fully saturated rings. The minimum atomic E-state index is -0.404. The first-order chi connectivity index (χ1) is 15.5. The van der Waals surface area contributed by atoms with E-state index in [0.717, 1.165) is 0 Å². The Balaban J connectivity index is 1.94. The number of ether oxygens (including phenoxy) is 2. The van der Waals surface area contributed by atoms with E-state index in [2.05, 4.69) is 10.6 Å². The van der Waals surface area contributed by atoms with Crippen LogP contribution in [0.2, 0.25) is 0 Å². The van der Waals surface area contributed by atoms with Crippen LogP contribution in [0.1, 0.15) is 25.8 Å². The fraction of sp³-hybridized carbons (Fsp3) is 0.292. The van der Waals surface area contributed by atoms with E-state index in [4.69, 9.17) is 9.47 Å². The second-order valence-electron chi connectivity index (χ2n) is 7.15. The van der Waals surface area contributed by atoms with E-state index in [1.807, 2.05) is 6.92 Å². The topological polar surface area (TPSA) is 97.0 Å². The fourth-order valence-corrected chi connectivity index (χ4v) is 3.45. The molecule has 8 heteroatoms. The molecule has 2 aromatic rings. The van der Waals surface area contributed by atoms with E-state index >= 15 is 0 Å². The Kier molecular flexibility index (Phi) is 7.62. The SMILES string of the molecule is CCOCCCN1C(=O)C(Nc2ccc(NC(C)=O)cc2)=C(c2ccccc2OC)C1=O. The van der Waals surface area contributed by atoms with Gasteiger partial charge in [0.25, 0.3) is 11.8 Å². The largest absolute Gasteiger partial charge is 0.496 e. The molecule has 3 rings (SSSR count). The van der Waals surface area contributed by atoms with Crippen molar-refractivity contribution >= 4 is 34.7 Å². The average Bonchev–Trinajstić information content (AvgIpc) is 3.01. The monoisotopic (exact) mass is 437 g/mol. The summed E-state index contributed by atoms with van der Waals surface area (Å²) >= 11 is 0. The molecule has 2 aromatic carbocycles. The van der Waals surface area contributed by atoms with Crippen LogP contribution in [0.3, 0.4) is 0 Å². The van der Waals surface area contributed by atoms with Gasteiger partial charge in [-0.3, -0.25) is 19.3 Å². The van der Waals surface area contributed by atoms with Crippen molar-refractivity contribution in [3.63, 3.8) is 0 Å². The predicted molar refractivity (Wildman–Crippen MR) is 122 cm³/mol. The number of imide groups is 1. The number of para-hydroxylation sites is 1. The second-order valence-corrected chi connectivity index (χ2v) is 7.15. The van der Waals surface area contributed by atoms with Crippen molar-refractivity contribution in [2.45, 2.75) is 20.3 Å². The van der Waals surface area contributed by atoms with Gasteiger partial charge < -0.3 is 20.1 Å². The second kappa shape index (κ2) is 10.6. The molecule has 3 amide bonds. The zero-order valence-electron chi connectivity index (χ0n) is 18.4. The lowest BCUT2D eigenvalue weighted by molar-refractivity contribution is -0.137. The smallest absolute Gasteiger partial charge is 0.278 e. The Morgan fingerprint density at radius 1 is 1.00 bits per heavy atom. The van der Waals surface area contributed by atoms with Gasteiger partial charge in [-0.15, -0.1) is 0 Å². The highest BCUT2D eigenvalue weighted by Gasteiger charge is 2.39. The summed E-state index contributed by atoms with van der Waals surface area (Å²) in [6.45, 7) is 4.62. The Morgan fingerprint density at radius 3 is 2.34 bits per heavy atom. The van der Waals surface area contributed by atoms with Gasteiger partial charge in [0.15, 0.2) is 0 Å². The third kappa shape index (κ3) is 5.15. The number of rotatable bonds is 10. The fourth-order valence-electron chi connectivity index (χ4n) is 3.45. The minimum Gasteiger partial charge on any atom is -0.496 e. The van der Waals surface area contributed by atoms with E-state index in [0.29, 0.717) is 42.3 Å². The van der Waals surface area contributed by atoms with E-state index in [9.17, 15) is 14.4 Å². The number of hydrogen-bond acceptors (Lipinski definition) is 6. The van der Waals surface area contributed by atoms with Gasteiger partial charge in [0.2, 0.25) is 5.91 Å². The molecule has 1 aliphatic rings. The summed E-state index contributed by atoms with van der Waals surface area (Å²) in [5.74, 6) is -0.460. The summed E-state index contributed by atoms with van der Waals surface area (Å²) in [4.78, 5) is 39.0. The average molecular weight is 437 g/mol. The van der Waals surface area contributed by atoms with Gasteiger partial charge in [-0.1, -0.05) is 18.2 Å². The summed E-state index contributed by atoms with van der Waals surface area (Å²) in [5, 5.41) is 5.80. The molecular weight excluding hydrogens is 410 g/mol. The first-order valence-corrected chi connectivity index (χ1v) is 10.4. The van der Waals surface area contributed by atoms with Crippen molar-refractivity contribution in [1.29, 1.82) is 0 Å². The molecular formula is C24H27N3O5. The molecule has 32 heavy (non-hydrogen) atoms. The molecule has 0 bridgehead atoms. The molecule has 0 spiro atoms. The Hall–Kier alpha value is -3.65. The van der Waals surface area contributed by atoms with Gasteiger partial charge in [-0.25, -0.2) is 0 Å². The van der Waals surface area contributed by atoms with Crippen LogP contribution < -0.4 is 15.4 Å². The highest BCUT2D eigenvalue weighted by Crippen LogP contribution is 2.35. The highest BCUT2D eigenvalue weighted by molar-refractivity contribution is 6.37. The molecule has 0 saturated heterocycles. The van der Waals surface area contributed by atoms with Gasteiger partial charge in [0.05, 0.1) is 12.7 Å². The zero-order chi connectivity index (χ0) is 23.1. The van der Waals surface area contributed by atoms with Crippen molar-refractivity contribution < 1.29 is 23.9 Å². The first-order valence-electron chi connectivity index (χ1n) is 10.4. The Bertz CT molecular complexity index is 1030. The highest BCUT2D eigenvalue weighted by atomic mass is 16.5. The number of carbonyl (C=O) groups excluding carboxylic acids is 3. The lowest BCUT2D eigenvalue weighted by Crippen LogP contribution is -2.34. The molecule has 0 unspecified atom stereocenters. The normalized spacial score (nSPS) is 13.5. The number of nitrogens with one attached hydrogen (secondary N) is 2. The van der Waals surface area contributed by atoms with Gasteiger partial charge >= 0.3 is 0 Å². The number of amides is 3. The summed E-state index contributed by atoms with van der Waals surface area (Å²) in [6, 6.07) is 14.0. The third-order valence-electron chi connectivity index (χ3n) is 4.89. The van der Waals surface area contributed by atoms with Crippen LogP contribution in [0.5, 0.6) is 5.75 Å².